The van der Waals surface area contributed by atoms with Crippen LogP contribution in [0.25, 0.3) is 0 Å². The van der Waals surface area contributed by atoms with Crippen molar-refractivity contribution in [1.82, 2.24) is 9.80 Å². The Morgan fingerprint density at radius 1 is 1.23 bits per heavy atom. The van der Waals surface area contributed by atoms with Crippen LogP contribution in [0.4, 0.5) is 9.59 Å². The summed E-state index contributed by atoms with van der Waals surface area (Å²) in [5.74, 6) is 0. The van der Waals surface area contributed by atoms with Crippen molar-refractivity contribution in [3.05, 3.63) is 35.9 Å². The molecule has 2 N–H and O–H groups in total. The number of hydrogen-bond acceptors (Lipinski definition) is 4. The Labute approximate surface area is 128 Å². The van der Waals surface area contributed by atoms with Crippen LogP contribution in [-0.4, -0.2) is 64.5 Å². The minimum atomic E-state index is -1.03. The molecule has 1 saturated heterocycles. The SMILES string of the molecule is O=C(OCc1ccccc1)N1CCN(C(=O)O)[C@@H](CCO)C1. The van der Waals surface area contributed by atoms with Gasteiger partial charge in [0.05, 0.1) is 6.04 Å². The summed E-state index contributed by atoms with van der Waals surface area (Å²) in [6.45, 7) is 0.813. The van der Waals surface area contributed by atoms with Crippen molar-refractivity contribution in [3.8, 4) is 0 Å². The van der Waals surface area contributed by atoms with E-state index in [4.69, 9.17) is 14.9 Å². The van der Waals surface area contributed by atoms with E-state index in [1.54, 1.807) is 0 Å². The van der Waals surface area contributed by atoms with Crippen molar-refractivity contribution >= 4 is 12.2 Å². The molecule has 1 aliphatic rings. The lowest BCUT2D eigenvalue weighted by Crippen LogP contribution is -2.56. The third kappa shape index (κ3) is 4.11. The molecule has 0 saturated carbocycles. The van der Waals surface area contributed by atoms with Gasteiger partial charge in [-0.3, -0.25) is 0 Å². The number of aliphatic hydroxyl groups excluding tert-OH is 1. The Bertz CT molecular complexity index is 508. The van der Waals surface area contributed by atoms with E-state index in [1.165, 1.54) is 9.80 Å². The average molecular weight is 308 g/mol. The highest BCUT2D eigenvalue weighted by atomic mass is 16.6. The number of nitrogens with zero attached hydrogens (tertiary/aromatic N) is 2. The van der Waals surface area contributed by atoms with Gasteiger partial charge in [-0.15, -0.1) is 0 Å². The molecule has 0 aliphatic carbocycles. The van der Waals surface area contributed by atoms with E-state index in [-0.39, 0.29) is 26.3 Å². The van der Waals surface area contributed by atoms with Gasteiger partial charge in [-0.1, -0.05) is 30.3 Å². The maximum absolute atomic E-state index is 12.1. The third-order valence-electron chi connectivity index (χ3n) is 3.65. The molecule has 1 aromatic rings. The van der Waals surface area contributed by atoms with Gasteiger partial charge in [-0.05, 0) is 12.0 Å². The van der Waals surface area contributed by atoms with Crippen LogP contribution >= 0.6 is 0 Å². The van der Waals surface area contributed by atoms with Crippen LogP contribution in [0.15, 0.2) is 30.3 Å². The zero-order chi connectivity index (χ0) is 15.9. The van der Waals surface area contributed by atoms with Crippen LogP contribution in [0.2, 0.25) is 0 Å². The first-order valence-electron chi connectivity index (χ1n) is 7.18. The molecule has 0 spiro atoms. The smallest absolute Gasteiger partial charge is 0.410 e. The third-order valence-corrected chi connectivity index (χ3v) is 3.65. The van der Waals surface area contributed by atoms with Crippen LogP contribution in [0, 0.1) is 0 Å². The predicted molar refractivity (Wildman–Crippen MR) is 78.4 cm³/mol. The summed E-state index contributed by atoms with van der Waals surface area (Å²) in [6.07, 6.45) is -1.19. The molecular formula is C15H20N2O5. The molecule has 1 fully saturated rings. The summed E-state index contributed by atoms with van der Waals surface area (Å²) in [7, 11) is 0. The number of amides is 2. The number of carbonyl (C=O) groups is 2. The van der Waals surface area contributed by atoms with E-state index < -0.39 is 18.2 Å². The summed E-state index contributed by atoms with van der Waals surface area (Å²) >= 11 is 0. The Kier molecular flexibility index (Phi) is 5.60. The van der Waals surface area contributed by atoms with Gasteiger partial charge in [0.15, 0.2) is 0 Å². The maximum Gasteiger partial charge on any atom is 0.410 e. The van der Waals surface area contributed by atoms with Gasteiger partial charge in [0.1, 0.15) is 6.61 Å². The summed E-state index contributed by atoms with van der Waals surface area (Å²) in [6, 6.07) is 8.95. The highest BCUT2D eigenvalue weighted by molar-refractivity contribution is 5.69. The molecule has 1 atom stereocenters. The summed E-state index contributed by atoms with van der Waals surface area (Å²) < 4.78 is 5.25. The van der Waals surface area contributed by atoms with Crippen molar-refractivity contribution in [2.24, 2.45) is 0 Å². The molecule has 120 valence electrons. The number of carbonyl (C=O) groups excluding carboxylic acids is 1. The molecule has 1 aromatic carbocycles. The lowest BCUT2D eigenvalue weighted by atomic mass is 10.1. The van der Waals surface area contributed by atoms with Crippen LogP contribution in [-0.2, 0) is 11.3 Å². The predicted octanol–water partition coefficient (Wildman–Crippen LogP) is 1.37. The zero-order valence-corrected chi connectivity index (χ0v) is 12.2. The first kappa shape index (κ1) is 16.1. The number of piperazine rings is 1. The molecule has 1 aliphatic heterocycles. The standard InChI is InChI=1S/C15H20N2O5/c18-9-6-13-10-16(7-8-17(13)14(19)20)15(21)22-11-12-4-2-1-3-5-12/h1-5,13,18H,6-11H2,(H,19,20)/t13-/m0/s1. The second-order valence-corrected chi connectivity index (χ2v) is 5.13. The van der Waals surface area contributed by atoms with E-state index in [0.717, 1.165) is 5.56 Å². The Hall–Kier alpha value is -2.28. The molecule has 22 heavy (non-hydrogen) atoms. The fourth-order valence-electron chi connectivity index (χ4n) is 2.48. The number of rotatable bonds is 4. The number of hydrogen-bond donors (Lipinski definition) is 2. The van der Waals surface area contributed by atoms with Gasteiger partial charge in [-0.2, -0.15) is 0 Å². The second kappa shape index (κ2) is 7.65. The molecule has 1 heterocycles. The van der Waals surface area contributed by atoms with E-state index in [2.05, 4.69) is 0 Å². The van der Waals surface area contributed by atoms with Crippen molar-refractivity contribution in [1.29, 1.82) is 0 Å². The first-order valence-corrected chi connectivity index (χ1v) is 7.18. The molecule has 2 rings (SSSR count). The van der Waals surface area contributed by atoms with Gasteiger partial charge >= 0.3 is 12.2 Å². The molecule has 7 heteroatoms. The lowest BCUT2D eigenvalue weighted by molar-refractivity contribution is 0.0400. The second-order valence-electron chi connectivity index (χ2n) is 5.13. The Balaban J connectivity index is 1.89. The molecule has 7 nitrogen and oxygen atoms in total. The van der Waals surface area contributed by atoms with Crippen LogP contribution < -0.4 is 0 Å². The number of carboxylic acid groups (broad SMARTS) is 1. The van der Waals surface area contributed by atoms with E-state index in [1.807, 2.05) is 30.3 Å². The van der Waals surface area contributed by atoms with Crippen molar-refractivity contribution in [2.75, 3.05) is 26.2 Å². The normalized spacial score (nSPS) is 18.1. The largest absolute Gasteiger partial charge is 0.465 e. The van der Waals surface area contributed by atoms with Crippen LogP contribution in [0.5, 0.6) is 0 Å². The van der Waals surface area contributed by atoms with Crippen LogP contribution in [0.1, 0.15) is 12.0 Å². The van der Waals surface area contributed by atoms with Gasteiger partial charge in [0.25, 0.3) is 0 Å². The number of benzene rings is 1. The molecular weight excluding hydrogens is 288 g/mol. The van der Waals surface area contributed by atoms with Gasteiger partial charge < -0.3 is 24.7 Å². The highest BCUT2D eigenvalue weighted by Crippen LogP contribution is 2.14. The maximum atomic E-state index is 12.1. The molecule has 0 bridgehead atoms. The fourth-order valence-corrected chi connectivity index (χ4v) is 2.48. The van der Waals surface area contributed by atoms with Crippen molar-refractivity contribution in [2.45, 2.75) is 19.1 Å². The zero-order valence-electron chi connectivity index (χ0n) is 12.2. The van der Waals surface area contributed by atoms with E-state index in [0.29, 0.717) is 13.0 Å². The van der Waals surface area contributed by atoms with E-state index in [9.17, 15) is 9.59 Å². The monoisotopic (exact) mass is 308 g/mol. The summed E-state index contributed by atoms with van der Waals surface area (Å²) in [5.41, 5.74) is 0.895. The first-order chi connectivity index (χ1) is 10.6. The van der Waals surface area contributed by atoms with Crippen molar-refractivity contribution < 1.29 is 24.5 Å². The lowest BCUT2D eigenvalue weighted by Gasteiger charge is -2.39. The number of aliphatic hydroxyl groups is 1. The van der Waals surface area contributed by atoms with Crippen molar-refractivity contribution in [3.63, 3.8) is 0 Å². The van der Waals surface area contributed by atoms with Gasteiger partial charge in [-0.25, -0.2) is 9.59 Å². The Morgan fingerprint density at radius 2 is 1.95 bits per heavy atom. The van der Waals surface area contributed by atoms with Gasteiger partial charge in [0.2, 0.25) is 0 Å². The molecule has 0 aromatic heterocycles. The van der Waals surface area contributed by atoms with Gasteiger partial charge in [0, 0.05) is 26.2 Å². The van der Waals surface area contributed by atoms with E-state index >= 15 is 0 Å². The quantitative estimate of drug-likeness (QED) is 0.876. The molecule has 2 amide bonds. The molecule has 0 unspecified atom stereocenters. The summed E-state index contributed by atoms with van der Waals surface area (Å²) in [5, 5.41) is 18.2. The summed E-state index contributed by atoms with van der Waals surface area (Å²) in [4.78, 5) is 26.0. The Morgan fingerprint density at radius 3 is 2.59 bits per heavy atom. The fraction of sp³-hybridized carbons (Fsp3) is 0.467. The minimum Gasteiger partial charge on any atom is -0.465 e. The topological polar surface area (TPSA) is 90.3 Å². The number of ether oxygens (including phenoxy) is 1. The molecule has 0 radical (unpaired) electrons. The highest BCUT2D eigenvalue weighted by Gasteiger charge is 2.32. The average Bonchev–Trinajstić information content (AvgIpc) is 2.53. The van der Waals surface area contributed by atoms with Crippen LogP contribution in [0.3, 0.4) is 0 Å². The minimum absolute atomic E-state index is 0.124.